The number of esters is 1. The summed E-state index contributed by atoms with van der Waals surface area (Å²) in [6.45, 7) is 3.19. The number of benzene rings is 1. The monoisotopic (exact) mass is 373 g/mol. The van der Waals surface area contributed by atoms with Gasteiger partial charge in [-0.3, -0.25) is 4.57 Å². The van der Waals surface area contributed by atoms with Gasteiger partial charge in [-0.25, -0.2) is 14.8 Å². The number of fused-ring (bicyclic) bond motifs is 1. The van der Waals surface area contributed by atoms with Crippen LogP contribution in [0.3, 0.4) is 0 Å². The molecule has 0 atom stereocenters. The Bertz CT molecular complexity index is 920. The van der Waals surface area contributed by atoms with E-state index in [1.807, 2.05) is 10.6 Å². The maximum Gasteiger partial charge on any atom is 0.338 e. The number of carbonyl (C=O) groups excluding carboxylic acids is 1. The Kier molecular flexibility index (Phi) is 5.59. The van der Waals surface area contributed by atoms with Crippen molar-refractivity contribution in [1.29, 1.82) is 0 Å². The van der Waals surface area contributed by atoms with E-state index in [9.17, 15) is 4.79 Å². The second kappa shape index (κ2) is 8.07. The van der Waals surface area contributed by atoms with Gasteiger partial charge in [0.15, 0.2) is 5.11 Å². The first-order valence-corrected chi connectivity index (χ1v) is 8.50. The molecule has 1 N–H and O–H groups in total. The number of aromatic nitrogens is 4. The summed E-state index contributed by atoms with van der Waals surface area (Å²) in [6, 6.07) is 5.28. The molecule has 0 amide bonds. The molecule has 0 fully saturated rings. The van der Waals surface area contributed by atoms with Crippen molar-refractivity contribution >= 4 is 40.3 Å². The highest BCUT2D eigenvalue weighted by molar-refractivity contribution is 7.80. The highest BCUT2D eigenvalue weighted by Crippen LogP contribution is 2.22. The van der Waals surface area contributed by atoms with Gasteiger partial charge in [-0.05, 0) is 37.3 Å². The summed E-state index contributed by atoms with van der Waals surface area (Å²) in [7, 11) is 1.64. The van der Waals surface area contributed by atoms with Crippen molar-refractivity contribution in [3.05, 3.63) is 42.5 Å². The molecule has 8 nitrogen and oxygen atoms in total. The van der Waals surface area contributed by atoms with Crippen molar-refractivity contribution in [3.63, 3.8) is 0 Å². The Balaban J connectivity index is 1.97. The number of imidazole rings is 2. The van der Waals surface area contributed by atoms with Gasteiger partial charge in [-0.1, -0.05) is 0 Å². The lowest BCUT2D eigenvalue weighted by molar-refractivity contribution is 0.0526. The molecule has 3 aromatic rings. The van der Waals surface area contributed by atoms with Crippen LogP contribution in [0.5, 0.6) is 0 Å². The number of anilines is 1. The van der Waals surface area contributed by atoms with Crippen molar-refractivity contribution < 1.29 is 14.3 Å². The SMILES string of the molecule is CCOC(=O)c1ccc2c(c1)nc(NC(=S)n1ccnc1)n2CCOC. The lowest BCUT2D eigenvalue weighted by Gasteiger charge is -2.11. The molecule has 0 bridgehead atoms. The van der Waals surface area contributed by atoms with Crippen molar-refractivity contribution in [3.8, 4) is 0 Å². The van der Waals surface area contributed by atoms with Gasteiger partial charge in [0.1, 0.15) is 6.33 Å². The number of nitrogens with one attached hydrogen (secondary N) is 1. The Morgan fingerprint density at radius 3 is 2.92 bits per heavy atom. The van der Waals surface area contributed by atoms with Crippen LogP contribution in [0.4, 0.5) is 5.95 Å². The van der Waals surface area contributed by atoms with Crippen LogP contribution in [-0.2, 0) is 16.0 Å². The summed E-state index contributed by atoms with van der Waals surface area (Å²) >= 11 is 5.39. The van der Waals surface area contributed by atoms with E-state index in [1.165, 1.54) is 0 Å². The lowest BCUT2D eigenvalue weighted by Crippen LogP contribution is -2.21. The Hall–Kier alpha value is -2.78. The number of hydrogen-bond donors (Lipinski definition) is 1. The molecule has 2 heterocycles. The van der Waals surface area contributed by atoms with Crippen molar-refractivity contribution in [2.45, 2.75) is 13.5 Å². The molecule has 0 unspecified atom stereocenters. The molecule has 136 valence electrons. The average molecular weight is 373 g/mol. The van der Waals surface area contributed by atoms with E-state index in [1.54, 1.807) is 49.5 Å². The van der Waals surface area contributed by atoms with Gasteiger partial charge in [-0.2, -0.15) is 0 Å². The van der Waals surface area contributed by atoms with E-state index in [0.717, 1.165) is 5.52 Å². The Morgan fingerprint density at radius 2 is 2.23 bits per heavy atom. The van der Waals surface area contributed by atoms with Gasteiger partial charge >= 0.3 is 5.97 Å². The summed E-state index contributed by atoms with van der Waals surface area (Å²) in [5, 5.41) is 3.57. The summed E-state index contributed by atoms with van der Waals surface area (Å²) in [5.74, 6) is 0.195. The molecule has 0 radical (unpaired) electrons. The van der Waals surface area contributed by atoms with Crippen LogP contribution in [0.15, 0.2) is 36.9 Å². The van der Waals surface area contributed by atoms with Crippen LogP contribution in [0.2, 0.25) is 0 Å². The first-order valence-electron chi connectivity index (χ1n) is 8.09. The second-order valence-corrected chi connectivity index (χ2v) is 5.79. The van der Waals surface area contributed by atoms with Crippen molar-refractivity contribution in [1.82, 2.24) is 19.1 Å². The normalized spacial score (nSPS) is 10.8. The molecule has 3 rings (SSSR count). The highest BCUT2D eigenvalue weighted by atomic mass is 32.1. The van der Waals surface area contributed by atoms with Crippen LogP contribution in [0, 0.1) is 0 Å². The maximum atomic E-state index is 12.0. The zero-order valence-corrected chi connectivity index (χ0v) is 15.3. The van der Waals surface area contributed by atoms with Crippen LogP contribution in [-0.4, -0.2) is 50.5 Å². The molecule has 2 aromatic heterocycles. The van der Waals surface area contributed by atoms with E-state index in [-0.39, 0.29) is 5.97 Å². The molecule has 0 spiro atoms. The summed E-state index contributed by atoms with van der Waals surface area (Å²) in [4.78, 5) is 20.5. The standard InChI is InChI=1S/C17H19N5O3S/c1-3-25-15(23)12-4-5-14-13(10-12)19-16(22(14)8-9-24-2)20-17(26)21-7-6-18-11-21/h4-7,10-11H,3,8-9H2,1-2H3,(H,19,20,26). The molecule has 9 heteroatoms. The molecule has 0 aliphatic heterocycles. The minimum absolute atomic E-state index is 0.325. The predicted octanol–water partition coefficient (Wildman–Crippen LogP) is 2.30. The Morgan fingerprint density at radius 1 is 1.38 bits per heavy atom. The van der Waals surface area contributed by atoms with E-state index in [2.05, 4.69) is 15.3 Å². The second-order valence-electron chi connectivity index (χ2n) is 5.40. The molecule has 0 saturated heterocycles. The number of nitrogens with zero attached hydrogens (tertiary/aromatic N) is 4. The molecule has 0 aliphatic carbocycles. The number of methoxy groups -OCH3 is 1. The minimum Gasteiger partial charge on any atom is -0.462 e. The summed E-state index contributed by atoms with van der Waals surface area (Å²) in [6.07, 6.45) is 5.00. The van der Waals surface area contributed by atoms with Crippen LogP contribution >= 0.6 is 12.2 Å². The third-order valence-corrected chi connectivity index (χ3v) is 4.05. The molecular formula is C17H19N5O3S. The molecule has 0 aliphatic rings. The van der Waals surface area contributed by atoms with E-state index < -0.39 is 0 Å². The first kappa shape index (κ1) is 18.0. The van der Waals surface area contributed by atoms with Gasteiger partial charge in [0, 0.05) is 26.0 Å². The minimum atomic E-state index is -0.371. The van der Waals surface area contributed by atoms with Gasteiger partial charge in [-0.15, -0.1) is 0 Å². The number of ether oxygens (including phenoxy) is 2. The molecular weight excluding hydrogens is 354 g/mol. The third kappa shape index (κ3) is 3.73. The van der Waals surface area contributed by atoms with Gasteiger partial charge in [0.05, 0.1) is 29.8 Å². The summed E-state index contributed by atoms with van der Waals surface area (Å²) < 4.78 is 13.9. The van der Waals surface area contributed by atoms with E-state index >= 15 is 0 Å². The van der Waals surface area contributed by atoms with Crippen molar-refractivity contribution in [2.75, 3.05) is 25.6 Å². The fraction of sp³-hybridized carbons (Fsp3) is 0.294. The zero-order chi connectivity index (χ0) is 18.5. The van der Waals surface area contributed by atoms with Crippen LogP contribution < -0.4 is 5.32 Å². The third-order valence-electron chi connectivity index (χ3n) is 3.74. The fourth-order valence-corrected chi connectivity index (χ4v) is 2.71. The molecule has 0 saturated carbocycles. The zero-order valence-electron chi connectivity index (χ0n) is 14.5. The van der Waals surface area contributed by atoms with Crippen LogP contribution in [0.25, 0.3) is 11.0 Å². The Labute approximate surface area is 155 Å². The largest absolute Gasteiger partial charge is 0.462 e. The topological polar surface area (TPSA) is 83.2 Å². The molecule has 1 aromatic carbocycles. The lowest BCUT2D eigenvalue weighted by atomic mass is 10.2. The highest BCUT2D eigenvalue weighted by Gasteiger charge is 2.15. The number of hydrogen-bond acceptors (Lipinski definition) is 6. The smallest absolute Gasteiger partial charge is 0.338 e. The number of rotatable bonds is 6. The van der Waals surface area contributed by atoms with E-state index in [0.29, 0.717) is 41.9 Å². The van der Waals surface area contributed by atoms with Gasteiger partial charge in [0.25, 0.3) is 0 Å². The first-order chi connectivity index (χ1) is 12.6. The quantitative estimate of drug-likeness (QED) is 0.524. The van der Waals surface area contributed by atoms with E-state index in [4.69, 9.17) is 21.7 Å². The maximum absolute atomic E-state index is 12.0. The number of carbonyl (C=O) groups is 1. The van der Waals surface area contributed by atoms with Gasteiger partial charge in [0.2, 0.25) is 5.95 Å². The number of thiocarbonyl (C=S) groups is 1. The fourth-order valence-electron chi connectivity index (χ4n) is 2.51. The summed E-state index contributed by atoms with van der Waals surface area (Å²) in [5.41, 5.74) is 1.99. The van der Waals surface area contributed by atoms with Crippen molar-refractivity contribution in [2.24, 2.45) is 0 Å². The average Bonchev–Trinajstić information content (AvgIpc) is 3.27. The van der Waals surface area contributed by atoms with Crippen LogP contribution in [0.1, 0.15) is 17.3 Å². The van der Waals surface area contributed by atoms with Gasteiger partial charge < -0.3 is 19.4 Å². The molecule has 26 heavy (non-hydrogen) atoms. The predicted molar refractivity (Wildman–Crippen MR) is 101 cm³/mol.